The third kappa shape index (κ3) is 3.86. The molecule has 0 saturated carbocycles. The molecule has 158 valence electrons. The van der Waals surface area contributed by atoms with E-state index in [1.165, 1.54) is 23.3 Å². The number of fused-ring (bicyclic) bond motifs is 3. The number of likely N-dealkylation sites (N-methyl/N-ethyl adjacent to an activating group) is 1. The molecular weight excluding hydrogens is 393 g/mol. The largest absolute Gasteiger partial charge is 0.489 e. The standard InChI is InChI=1S/C25H24FN3O2/c1-27-10-8-21-15-19-14-20(6-7-24(19)28(21)13-12-27)29-11-9-22(16-25(29)30)31-17-18-4-2-3-5-23(18)26/h2-7,9,11,14-16H,8,10,12-13,17H2,1H3. The van der Waals surface area contributed by atoms with Gasteiger partial charge >= 0.3 is 0 Å². The summed E-state index contributed by atoms with van der Waals surface area (Å²) >= 11 is 0. The zero-order valence-corrected chi connectivity index (χ0v) is 17.4. The molecule has 31 heavy (non-hydrogen) atoms. The number of aromatic nitrogens is 2. The molecule has 0 bridgehead atoms. The van der Waals surface area contributed by atoms with E-state index in [1.54, 1.807) is 35.0 Å². The minimum absolute atomic E-state index is 0.0770. The zero-order valence-electron chi connectivity index (χ0n) is 17.4. The van der Waals surface area contributed by atoms with Gasteiger partial charge in [-0.1, -0.05) is 18.2 Å². The topological polar surface area (TPSA) is 39.4 Å². The molecule has 0 radical (unpaired) electrons. The lowest BCUT2D eigenvalue weighted by molar-refractivity contribution is 0.299. The summed E-state index contributed by atoms with van der Waals surface area (Å²) in [5, 5.41) is 1.14. The number of benzene rings is 2. The van der Waals surface area contributed by atoms with Gasteiger partial charge in [0.1, 0.15) is 18.2 Å². The molecule has 6 heteroatoms. The Balaban J connectivity index is 1.40. The maximum atomic E-state index is 13.8. The third-order valence-electron chi connectivity index (χ3n) is 5.95. The highest BCUT2D eigenvalue weighted by atomic mass is 19.1. The van der Waals surface area contributed by atoms with Crippen LogP contribution in [-0.4, -0.2) is 34.2 Å². The van der Waals surface area contributed by atoms with Crippen molar-refractivity contribution in [2.24, 2.45) is 0 Å². The van der Waals surface area contributed by atoms with Crippen molar-refractivity contribution in [2.75, 3.05) is 20.1 Å². The van der Waals surface area contributed by atoms with E-state index < -0.39 is 0 Å². The van der Waals surface area contributed by atoms with Crippen LogP contribution in [0.2, 0.25) is 0 Å². The second-order valence-electron chi connectivity index (χ2n) is 8.03. The van der Waals surface area contributed by atoms with Crippen LogP contribution < -0.4 is 10.3 Å². The lowest BCUT2D eigenvalue weighted by atomic mass is 10.2. The van der Waals surface area contributed by atoms with Gasteiger partial charge in [0.25, 0.3) is 5.56 Å². The molecule has 0 fully saturated rings. The predicted octanol–water partition coefficient (Wildman–Crippen LogP) is 4.00. The van der Waals surface area contributed by atoms with Crippen LogP contribution in [0.25, 0.3) is 16.6 Å². The highest BCUT2D eigenvalue weighted by molar-refractivity contribution is 5.83. The van der Waals surface area contributed by atoms with E-state index in [4.69, 9.17) is 4.74 Å². The van der Waals surface area contributed by atoms with Crippen LogP contribution in [0.1, 0.15) is 11.3 Å². The molecule has 0 amide bonds. The van der Waals surface area contributed by atoms with E-state index in [1.807, 2.05) is 6.07 Å². The van der Waals surface area contributed by atoms with E-state index in [0.717, 1.165) is 37.1 Å². The summed E-state index contributed by atoms with van der Waals surface area (Å²) in [4.78, 5) is 15.1. The van der Waals surface area contributed by atoms with Crippen molar-refractivity contribution in [3.63, 3.8) is 0 Å². The number of halogens is 1. The van der Waals surface area contributed by atoms with Gasteiger partial charge in [-0.15, -0.1) is 0 Å². The summed E-state index contributed by atoms with van der Waals surface area (Å²) in [5.74, 6) is 0.104. The van der Waals surface area contributed by atoms with Crippen molar-refractivity contribution >= 4 is 10.9 Å². The smallest absolute Gasteiger partial charge is 0.258 e. The molecule has 0 unspecified atom stereocenters. The summed E-state index contributed by atoms with van der Waals surface area (Å²) in [6.07, 6.45) is 2.73. The Hall–Kier alpha value is -3.38. The second-order valence-corrected chi connectivity index (χ2v) is 8.03. The van der Waals surface area contributed by atoms with Crippen molar-refractivity contribution in [1.29, 1.82) is 0 Å². The van der Waals surface area contributed by atoms with Crippen molar-refractivity contribution in [3.05, 3.63) is 94.3 Å². The summed E-state index contributed by atoms with van der Waals surface area (Å²) in [5.41, 5.74) is 3.62. The van der Waals surface area contributed by atoms with Gasteiger partial charge in [-0.3, -0.25) is 9.36 Å². The average molecular weight is 417 g/mol. The lowest BCUT2D eigenvalue weighted by Gasteiger charge is -2.12. The average Bonchev–Trinajstić information content (AvgIpc) is 3.02. The molecule has 0 N–H and O–H groups in total. The van der Waals surface area contributed by atoms with E-state index in [0.29, 0.717) is 11.3 Å². The lowest BCUT2D eigenvalue weighted by Crippen LogP contribution is -2.21. The molecule has 0 saturated heterocycles. The molecule has 0 spiro atoms. The van der Waals surface area contributed by atoms with Crippen LogP contribution in [-0.2, 0) is 19.6 Å². The molecule has 4 aromatic rings. The summed E-state index contributed by atoms with van der Waals surface area (Å²) in [7, 11) is 2.16. The fraction of sp³-hybridized carbons (Fsp3) is 0.240. The number of nitrogens with zero attached hydrogens (tertiary/aromatic N) is 3. The molecule has 2 aromatic heterocycles. The number of pyridine rings is 1. The van der Waals surface area contributed by atoms with Crippen molar-refractivity contribution in [1.82, 2.24) is 14.0 Å². The Labute approximate surface area is 179 Å². The Bertz CT molecular complexity index is 1310. The van der Waals surface area contributed by atoms with Gasteiger partial charge in [0.15, 0.2) is 0 Å². The van der Waals surface area contributed by atoms with E-state index in [-0.39, 0.29) is 18.0 Å². The van der Waals surface area contributed by atoms with Crippen LogP contribution in [0.5, 0.6) is 5.75 Å². The highest BCUT2D eigenvalue weighted by Gasteiger charge is 2.15. The number of rotatable bonds is 4. The summed E-state index contributed by atoms with van der Waals surface area (Å²) < 4.78 is 23.4. The molecule has 0 atom stereocenters. The van der Waals surface area contributed by atoms with Gasteiger partial charge < -0.3 is 14.2 Å². The van der Waals surface area contributed by atoms with E-state index >= 15 is 0 Å². The van der Waals surface area contributed by atoms with Gasteiger partial charge in [-0.2, -0.15) is 0 Å². The monoisotopic (exact) mass is 417 g/mol. The summed E-state index contributed by atoms with van der Waals surface area (Å²) in [6.45, 7) is 3.14. The zero-order chi connectivity index (χ0) is 21.4. The van der Waals surface area contributed by atoms with Crippen LogP contribution >= 0.6 is 0 Å². The van der Waals surface area contributed by atoms with E-state index in [9.17, 15) is 9.18 Å². The first kappa shape index (κ1) is 19.6. The Morgan fingerprint density at radius 3 is 2.71 bits per heavy atom. The van der Waals surface area contributed by atoms with Gasteiger partial charge in [-0.25, -0.2) is 4.39 Å². The number of hydrogen-bond acceptors (Lipinski definition) is 3. The minimum Gasteiger partial charge on any atom is -0.489 e. The Morgan fingerprint density at radius 2 is 1.87 bits per heavy atom. The molecular formula is C25H24FN3O2. The summed E-state index contributed by atoms with van der Waals surface area (Å²) in [6, 6.07) is 18.0. The van der Waals surface area contributed by atoms with Crippen LogP contribution in [0.15, 0.2) is 71.7 Å². The second kappa shape index (κ2) is 8.04. The van der Waals surface area contributed by atoms with Crippen molar-refractivity contribution in [2.45, 2.75) is 19.6 Å². The third-order valence-corrected chi connectivity index (χ3v) is 5.95. The molecule has 5 nitrogen and oxygen atoms in total. The van der Waals surface area contributed by atoms with Crippen molar-refractivity contribution in [3.8, 4) is 11.4 Å². The van der Waals surface area contributed by atoms with Gasteiger partial charge in [0, 0.05) is 66.2 Å². The highest BCUT2D eigenvalue weighted by Crippen LogP contribution is 2.25. The van der Waals surface area contributed by atoms with Crippen molar-refractivity contribution < 1.29 is 9.13 Å². The van der Waals surface area contributed by atoms with Gasteiger partial charge in [0.05, 0.1) is 0 Å². The molecule has 2 aromatic carbocycles. The van der Waals surface area contributed by atoms with Crippen LogP contribution in [0.3, 0.4) is 0 Å². The maximum absolute atomic E-state index is 13.8. The number of hydrogen-bond donors (Lipinski definition) is 0. The first-order valence-electron chi connectivity index (χ1n) is 10.5. The van der Waals surface area contributed by atoms with Crippen LogP contribution in [0.4, 0.5) is 4.39 Å². The molecule has 1 aliphatic rings. The predicted molar refractivity (Wildman–Crippen MR) is 119 cm³/mol. The fourth-order valence-electron chi connectivity index (χ4n) is 4.16. The Kier molecular flexibility index (Phi) is 5.08. The first-order valence-corrected chi connectivity index (χ1v) is 10.5. The molecule has 1 aliphatic heterocycles. The van der Waals surface area contributed by atoms with Gasteiger partial charge in [0.2, 0.25) is 0 Å². The minimum atomic E-state index is -0.318. The van der Waals surface area contributed by atoms with Gasteiger partial charge in [-0.05, 0) is 43.4 Å². The quantitative estimate of drug-likeness (QED) is 0.504. The fourth-order valence-corrected chi connectivity index (χ4v) is 4.16. The molecule has 3 heterocycles. The SMILES string of the molecule is CN1CCc2cc3cc(-n4ccc(OCc5ccccc5F)cc4=O)ccc3n2CC1. The normalized spacial score (nSPS) is 14.4. The molecule has 0 aliphatic carbocycles. The number of ether oxygens (including phenoxy) is 1. The maximum Gasteiger partial charge on any atom is 0.258 e. The molecule has 5 rings (SSSR count). The Morgan fingerprint density at radius 1 is 1.00 bits per heavy atom. The van der Waals surface area contributed by atoms with E-state index in [2.05, 4.69) is 34.7 Å². The van der Waals surface area contributed by atoms with Crippen LogP contribution in [0, 0.1) is 5.82 Å². The first-order chi connectivity index (χ1) is 15.1.